The first-order valence-corrected chi connectivity index (χ1v) is 13.0. The zero-order chi connectivity index (χ0) is 23.6. The van der Waals surface area contributed by atoms with Gasteiger partial charge in [-0.1, -0.05) is 97.1 Å². The summed E-state index contributed by atoms with van der Waals surface area (Å²) in [5, 5.41) is 8.52. The third-order valence-electron chi connectivity index (χ3n) is 7.27. The van der Waals surface area contributed by atoms with E-state index in [4.69, 9.17) is 4.42 Å². The fourth-order valence-corrected chi connectivity index (χ4v) is 6.84. The Balaban J connectivity index is 1.52. The summed E-state index contributed by atoms with van der Waals surface area (Å²) < 4.78 is 9.36. The number of thiophene rings is 1. The van der Waals surface area contributed by atoms with Gasteiger partial charge in [0.2, 0.25) is 0 Å². The smallest absolute Gasteiger partial charge is 0.144 e. The third kappa shape index (κ3) is 2.76. The van der Waals surface area contributed by atoms with Gasteiger partial charge in [0, 0.05) is 31.1 Å². The van der Waals surface area contributed by atoms with Crippen LogP contribution in [-0.2, 0) is 0 Å². The normalized spacial score (nSPS) is 11.9. The Morgan fingerprint density at radius 3 is 1.75 bits per heavy atom. The zero-order valence-corrected chi connectivity index (χ0v) is 20.2. The Hall–Kier alpha value is -4.40. The van der Waals surface area contributed by atoms with E-state index in [1.165, 1.54) is 52.8 Å². The van der Waals surface area contributed by atoms with Crippen molar-refractivity contribution in [2.75, 3.05) is 0 Å². The van der Waals surface area contributed by atoms with E-state index in [-0.39, 0.29) is 0 Å². The van der Waals surface area contributed by atoms with Gasteiger partial charge in [-0.2, -0.15) is 0 Å². The monoisotopic (exact) mass is 476 g/mol. The lowest BCUT2D eigenvalue weighted by Crippen LogP contribution is -1.89. The molecular formula is C34H20OS. The average Bonchev–Trinajstić information content (AvgIpc) is 3.53. The molecule has 0 saturated carbocycles. The molecule has 0 fully saturated rings. The van der Waals surface area contributed by atoms with Gasteiger partial charge in [-0.3, -0.25) is 0 Å². The molecular weight excluding hydrogens is 456 g/mol. The molecule has 0 N–H and O–H groups in total. The van der Waals surface area contributed by atoms with Gasteiger partial charge in [0.15, 0.2) is 0 Å². The van der Waals surface area contributed by atoms with Crippen LogP contribution < -0.4 is 0 Å². The lowest BCUT2D eigenvalue weighted by molar-refractivity contribution is 0.636. The number of furan rings is 1. The van der Waals surface area contributed by atoms with Gasteiger partial charge in [0.05, 0.1) is 0 Å². The molecule has 0 bridgehead atoms. The summed E-state index contributed by atoms with van der Waals surface area (Å²) in [7, 11) is 0. The van der Waals surface area contributed by atoms with E-state index in [2.05, 4.69) is 121 Å². The van der Waals surface area contributed by atoms with Crippen molar-refractivity contribution in [3.05, 3.63) is 121 Å². The first-order chi connectivity index (χ1) is 17.9. The highest BCUT2D eigenvalue weighted by molar-refractivity contribution is 7.26. The van der Waals surface area contributed by atoms with E-state index >= 15 is 0 Å². The molecule has 2 aromatic heterocycles. The minimum absolute atomic E-state index is 0.916. The molecule has 0 aliphatic carbocycles. The van der Waals surface area contributed by atoms with E-state index in [1.807, 2.05) is 11.3 Å². The molecule has 2 heteroatoms. The Morgan fingerprint density at radius 1 is 0.472 bits per heavy atom. The molecule has 0 unspecified atom stereocenters. The Morgan fingerprint density at radius 2 is 1.06 bits per heavy atom. The largest absolute Gasteiger partial charge is 0.455 e. The molecule has 36 heavy (non-hydrogen) atoms. The topological polar surface area (TPSA) is 13.1 Å². The summed E-state index contributed by atoms with van der Waals surface area (Å²) in [5.41, 5.74) is 4.63. The highest BCUT2D eigenvalue weighted by Crippen LogP contribution is 2.46. The van der Waals surface area contributed by atoms with Crippen molar-refractivity contribution < 1.29 is 4.42 Å². The van der Waals surface area contributed by atoms with Gasteiger partial charge in [0.1, 0.15) is 11.3 Å². The van der Waals surface area contributed by atoms with Gasteiger partial charge in [-0.15, -0.1) is 11.3 Å². The first kappa shape index (κ1) is 19.9. The number of rotatable bonds is 2. The van der Waals surface area contributed by atoms with Crippen LogP contribution in [-0.4, -0.2) is 0 Å². The SMILES string of the molecule is c1ccc(-c2c3ccccc3c(-c3cc4ccc5sc6ccccc6c5c4o3)c3ccccc23)cc1. The van der Waals surface area contributed by atoms with Crippen LogP contribution >= 0.6 is 11.3 Å². The Bertz CT molecular complexity index is 2040. The molecule has 0 spiro atoms. The quantitative estimate of drug-likeness (QED) is 0.226. The maximum absolute atomic E-state index is 6.80. The van der Waals surface area contributed by atoms with Crippen LogP contribution in [0.1, 0.15) is 0 Å². The molecule has 1 nitrogen and oxygen atoms in total. The molecule has 168 valence electrons. The summed E-state index contributed by atoms with van der Waals surface area (Å²) in [6, 6.07) is 43.4. The summed E-state index contributed by atoms with van der Waals surface area (Å²) in [6.45, 7) is 0. The first-order valence-electron chi connectivity index (χ1n) is 12.2. The van der Waals surface area contributed by atoms with Gasteiger partial charge in [-0.05, 0) is 56.9 Å². The Kier molecular flexibility index (Phi) is 4.16. The molecule has 0 radical (unpaired) electrons. The van der Waals surface area contributed by atoms with Gasteiger partial charge < -0.3 is 4.42 Å². The predicted octanol–water partition coefficient (Wildman–Crippen LogP) is 10.4. The zero-order valence-electron chi connectivity index (χ0n) is 19.4. The minimum atomic E-state index is 0.916. The summed E-state index contributed by atoms with van der Waals surface area (Å²) in [5.74, 6) is 0.916. The van der Waals surface area contributed by atoms with E-state index < -0.39 is 0 Å². The molecule has 0 aliphatic heterocycles. The summed E-state index contributed by atoms with van der Waals surface area (Å²) in [4.78, 5) is 0. The van der Waals surface area contributed by atoms with Crippen molar-refractivity contribution >= 4 is 64.0 Å². The van der Waals surface area contributed by atoms with Crippen LogP contribution in [0.4, 0.5) is 0 Å². The van der Waals surface area contributed by atoms with Crippen molar-refractivity contribution in [1.29, 1.82) is 0 Å². The lowest BCUT2D eigenvalue weighted by atomic mass is 9.87. The van der Waals surface area contributed by atoms with Crippen LogP contribution in [0.2, 0.25) is 0 Å². The van der Waals surface area contributed by atoms with Crippen molar-refractivity contribution in [3.63, 3.8) is 0 Å². The lowest BCUT2D eigenvalue weighted by Gasteiger charge is -2.16. The van der Waals surface area contributed by atoms with Crippen LogP contribution in [0, 0.1) is 0 Å². The van der Waals surface area contributed by atoms with Crippen molar-refractivity contribution in [3.8, 4) is 22.5 Å². The van der Waals surface area contributed by atoms with Crippen LogP contribution in [0.15, 0.2) is 126 Å². The summed E-state index contributed by atoms with van der Waals surface area (Å²) >= 11 is 1.83. The van der Waals surface area contributed by atoms with Crippen LogP contribution in [0.5, 0.6) is 0 Å². The molecule has 2 heterocycles. The highest BCUT2D eigenvalue weighted by Gasteiger charge is 2.20. The maximum Gasteiger partial charge on any atom is 0.144 e. The van der Waals surface area contributed by atoms with Crippen LogP contribution in [0.25, 0.3) is 75.1 Å². The minimum Gasteiger partial charge on any atom is -0.455 e. The second-order valence-electron chi connectivity index (χ2n) is 9.27. The summed E-state index contributed by atoms with van der Waals surface area (Å²) in [6.07, 6.45) is 0. The second-order valence-corrected chi connectivity index (χ2v) is 10.4. The molecule has 0 atom stereocenters. The molecule has 0 saturated heterocycles. The average molecular weight is 477 g/mol. The molecule has 0 aliphatic rings. The molecule has 6 aromatic carbocycles. The van der Waals surface area contributed by atoms with Crippen molar-refractivity contribution in [2.45, 2.75) is 0 Å². The molecule has 0 amide bonds. The number of hydrogen-bond donors (Lipinski definition) is 0. The van der Waals surface area contributed by atoms with E-state index in [0.717, 1.165) is 22.3 Å². The van der Waals surface area contributed by atoms with E-state index in [1.54, 1.807) is 0 Å². The standard InChI is InChI=1S/C34H20OS/c1-2-10-21(11-3-1)31-23-12-4-6-14-25(23)32(26-15-7-5-13-24(26)31)28-20-22-18-19-30-33(34(22)35-28)27-16-8-9-17-29(27)36-30/h1-20H. The van der Waals surface area contributed by atoms with Crippen LogP contribution in [0.3, 0.4) is 0 Å². The number of hydrogen-bond acceptors (Lipinski definition) is 2. The van der Waals surface area contributed by atoms with E-state index in [9.17, 15) is 0 Å². The fourth-order valence-electron chi connectivity index (χ4n) is 5.74. The third-order valence-corrected chi connectivity index (χ3v) is 8.40. The van der Waals surface area contributed by atoms with Gasteiger partial charge >= 0.3 is 0 Å². The predicted molar refractivity (Wildman–Crippen MR) is 155 cm³/mol. The van der Waals surface area contributed by atoms with Gasteiger partial charge in [0.25, 0.3) is 0 Å². The van der Waals surface area contributed by atoms with Crippen molar-refractivity contribution in [1.82, 2.24) is 0 Å². The van der Waals surface area contributed by atoms with E-state index in [0.29, 0.717) is 0 Å². The highest BCUT2D eigenvalue weighted by atomic mass is 32.1. The second kappa shape index (κ2) is 7.55. The molecule has 8 aromatic rings. The number of fused-ring (bicyclic) bond motifs is 7. The maximum atomic E-state index is 6.80. The van der Waals surface area contributed by atoms with Gasteiger partial charge in [-0.25, -0.2) is 0 Å². The number of benzene rings is 6. The Labute approximate surface area is 211 Å². The van der Waals surface area contributed by atoms with Crippen molar-refractivity contribution in [2.24, 2.45) is 0 Å². The molecule has 8 rings (SSSR count). The fraction of sp³-hybridized carbons (Fsp3) is 0.